The van der Waals surface area contributed by atoms with Gasteiger partial charge in [0.1, 0.15) is 10.8 Å². The molecule has 0 aliphatic carbocycles. The van der Waals surface area contributed by atoms with Crippen molar-refractivity contribution < 1.29 is 0 Å². The highest BCUT2D eigenvalue weighted by atomic mass is 35.5. The first-order valence-electron chi connectivity index (χ1n) is 5.47. The van der Waals surface area contributed by atoms with E-state index < -0.39 is 0 Å². The highest BCUT2D eigenvalue weighted by Gasteiger charge is 2.08. The van der Waals surface area contributed by atoms with Crippen molar-refractivity contribution in [1.82, 2.24) is 4.98 Å². The topological polar surface area (TPSA) is 50.9 Å². The van der Waals surface area contributed by atoms with E-state index in [1.54, 1.807) is 24.3 Å². The van der Waals surface area contributed by atoms with E-state index in [-0.39, 0.29) is 0 Å². The lowest BCUT2D eigenvalue weighted by molar-refractivity contribution is 1.19. The van der Waals surface area contributed by atoms with Crippen LogP contribution < -0.4 is 11.1 Å². The van der Waals surface area contributed by atoms with Crippen molar-refractivity contribution in [2.24, 2.45) is 5.73 Å². The van der Waals surface area contributed by atoms with Crippen LogP contribution in [-0.2, 0) is 0 Å². The first-order valence-corrected chi connectivity index (χ1v) is 6.63. The normalized spacial score (nSPS) is 10.3. The number of hydrogen-bond acceptors (Lipinski definition) is 3. The maximum atomic E-state index is 6.10. The van der Waals surface area contributed by atoms with E-state index in [2.05, 4.69) is 10.3 Å². The van der Waals surface area contributed by atoms with Crippen LogP contribution in [0.25, 0.3) is 0 Å². The zero-order valence-corrected chi connectivity index (χ0v) is 12.4. The molecule has 1 aromatic carbocycles. The fraction of sp³-hybridized carbons (Fsp3) is 0.0769. The van der Waals surface area contributed by atoms with E-state index in [1.165, 1.54) is 0 Å². The third kappa shape index (κ3) is 3.35. The van der Waals surface area contributed by atoms with Gasteiger partial charge in [-0.15, -0.1) is 0 Å². The first kappa shape index (κ1) is 14.1. The van der Waals surface area contributed by atoms with Crippen molar-refractivity contribution in [3.8, 4) is 0 Å². The minimum Gasteiger partial charge on any atom is -0.389 e. The molecule has 98 valence electrons. The van der Waals surface area contributed by atoms with Gasteiger partial charge in [0.15, 0.2) is 0 Å². The molecule has 0 aliphatic rings. The Morgan fingerprint density at radius 2 is 1.89 bits per heavy atom. The van der Waals surface area contributed by atoms with Crippen LogP contribution in [-0.4, -0.2) is 9.97 Å². The molecule has 3 nitrogen and oxygen atoms in total. The van der Waals surface area contributed by atoms with Crippen LogP contribution in [0.15, 0.2) is 30.3 Å². The summed E-state index contributed by atoms with van der Waals surface area (Å²) in [5.41, 5.74) is 7.78. The Balaban J connectivity index is 2.41. The fourth-order valence-corrected chi connectivity index (χ4v) is 2.23. The lowest BCUT2D eigenvalue weighted by atomic mass is 10.2. The number of thiocarbonyl (C=S) groups is 1. The van der Waals surface area contributed by atoms with E-state index in [9.17, 15) is 0 Å². The number of rotatable bonds is 3. The minimum atomic E-state index is 0.318. The number of benzene rings is 1. The number of halogens is 2. The van der Waals surface area contributed by atoms with Gasteiger partial charge in [-0.05, 0) is 31.2 Å². The van der Waals surface area contributed by atoms with Gasteiger partial charge in [0.2, 0.25) is 0 Å². The van der Waals surface area contributed by atoms with Gasteiger partial charge in [-0.25, -0.2) is 4.98 Å². The Kier molecular flexibility index (Phi) is 4.24. The minimum absolute atomic E-state index is 0.318. The lowest BCUT2D eigenvalue weighted by Crippen LogP contribution is -2.10. The quantitative estimate of drug-likeness (QED) is 0.839. The monoisotopic (exact) mass is 311 g/mol. The van der Waals surface area contributed by atoms with Crippen LogP contribution in [0.4, 0.5) is 11.5 Å². The third-order valence-electron chi connectivity index (χ3n) is 2.45. The predicted molar refractivity (Wildman–Crippen MR) is 84.6 cm³/mol. The van der Waals surface area contributed by atoms with Gasteiger partial charge in [-0.2, -0.15) is 0 Å². The number of para-hydroxylation sites is 1. The SMILES string of the molecule is Cc1cc(C(N)=S)cc(Nc2c(Cl)cccc2Cl)n1. The average Bonchev–Trinajstić information content (AvgIpc) is 2.33. The van der Waals surface area contributed by atoms with Crippen molar-refractivity contribution >= 4 is 51.9 Å². The molecule has 0 saturated carbocycles. The molecule has 0 unspecified atom stereocenters. The Bertz CT molecular complexity index is 624. The summed E-state index contributed by atoms with van der Waals surface area (Å²) in [7, 11) is 0. The highest BCUT2D eigenvalue weighted by molar-refractivity contribution is 7.80. The number of anilines is 2. The summed E-state index contributed by atoms with van der Waals surface area (Å²) in [5.74, 6) is 0.595. The molecule has 0 radical (unpaired) electrons. The molecule has 1 aromatic heterocycles. The Hall–Kier alpha value is -1.36. The van der Waals surface area contributed by atoms with Gasteiger partial charge >= 0.3 is 0 Å². The molecule has 2 aromatic rings. The Labute approximate surface area is 126 Å². The van der Waals surface area contributed by atoms with Crippen LogP contribution in [0, 0.1) is 6.92 Å². The van der Waals surface area contributed by atoms with Crippen LogP contribution in [0.5, 0.6) is 0 Å². The van der Waals surface area contributed by atoms with Crippen molar-refractivity contribution in [3.05, 3.63) is 51.6 Å². The zero-order chi connectivity index (χ0) is 14.0. The molecule has 0 atom stereocenters. The summed E-state index contributed by atoms with van der Waals surface area (Å²) in [5, 5.41) is 4.13. The molecule has 0 aliphatic heterocycles. The van der Waals surface area contributed by atoms with Crippen molar-refractivity contribution in [2.75, 3.05) is 5.32 Å². The number of pyridine rings is 1. The molecule has 0 bridgehead atoms. The molecule has 0 saturated heterocycles. The second kappa shape index (κ2) is 5.74. The smallest absolute Gasteiger partial charge is 0.131 e. The van der Waals surface area contributed by atoms with Gasteiger partial charge in [0.05, 0.1) is 15.7 Å². The molecular weight excluding hydrogens is 301 g/mol. The van der Waals surface area contributed by atoms with Crippen molar-refractivity contribution in [1.29, 1.82) is 0 Å². The predicted octanol–water partition coefficient (Wildman–Crippen LogP) is 4.07. The van der Waals surface area contributed by atoms with E-state index in [0.29, 0.717) is 26.5 Å². The number of nitrogens with one attached hydrogen (secondary N) is 1. The molecule has 1 heterocycles. The fourth-order valence-electron chi connectivity index (χ4n) is 1.62. The molecule has 6 heteroatoms. The molecule has 0 spiro atoms. The van der Waals surface area contributed by atoms with E-state index >= 15 is 0 Å². The summed E-state index contributed by atoms with van der Waals surface area (Å²) < 4.78 is 0. The van der Waals surface area contributed by atoms with Crippen LogP contribution >= 0.6 is 35.4 Å². The zero-order valence-electron chi connectivity index (χ0n) is 10.1. The molecule has 19 heavy (non-hydrogen) atoms. The molecule has 2 rings (SSSR count). The molecule has 3 N–H and O–H groups in total. The van der Waals surface area contributed by atoms with E-state index in [0.717, 1.165) is 11.3 Å². The van der Waals surface area contributed by atoms with Crippen molar-refractivity contribution in [3.63, 3.8) is 0 Å². The summed E-state index contributed by atoms with van der Waals surface area (Å²) in [6.45, 7) is 1.86. The molecule has 0 amide bonds. The summed E-state index contributed by atoms with van der Waals surface area (Å²) in [6.07, 6.45) is 0. The standard InChI is InChI=1S/C13H11Cl2N3S/c1-7-5-8(13(16)19)6-11(17-7)18-12-9(14)3-2-4-10(12)15/h2-6H,1H3,(H2,16,19)(H,17,18). The number of aromatic nitrogens is 1. The van der Waals surface area contributed by atoms with Gasteiger partial charge in [0.25, 0.3) is 0 Å². The van der Waals surface area contributed by atoms with Crippen LogP contribution in [0.3, 0.4) is 0 Å². The second-order valence-corrected chi connectivity index (χ2v) is 5.22. The second-order valence-electron chi connectivity index (χ2n) is 3.97. The summed E-state index contributed by atoms with van der Waals surface area (Å²) in [6, 6.07) is 8.86. The maximum Gasteiger partial charge on any atom is 0.131 e. The van der Waals surface area contributed by atoms with Gasteiger partial charge < -0.3 is 11.1 Å². The largest absolute Gasteiger partial charge is 0.389 e. The maximum absolute atomic E-state index is 6.10. The summed E-state index contributed by atoms with van der Waals surface area (Å²) >= 11 is 17.2. The highest BCUT2D eigenvalue weighted by Crippen LogP contribution is 2.32. The number of aryl methyl sites for hydroxylation is 1. The first-order chi connectivity index (χ1) is 8.97. The third-order valence-corrected chi connectivity index (χ3v) is 3.32. The average molecular weight is 312 g/mol. The van der Waals surface area contributed by atoms with E-state index in [4.69, 9.17) is 41.2 Å². The Morgan fingerprint density at radius 3 is 2.47 bits per heavy atom. The number of nitrogens with zero attached hydrogens (tertiary/aromatic N) is 1. The lowest BCUT2D eigenvalue weighted by Gasteiger charge is -2.11. The molecule has 0 fully saturated rings. The van der Waals surface area contributed by atoms with Gasteiger partial charge in [-0.3, -0.25) is 0 Å². The number of nitrogens with two attached hydrogens (primary N) is 1. The molecular formula is C13H11Cl2N3S. The van der Waals surface area contributed by atoms with Crippen LogP contribution in [0.1, 0.15) is 11.3 Å². The van der Waals surface area contributed by atoms with Crippen molar-refractivity contribution in [2.45, 2.75) is 6.92 Å². The Morgan fingerprint density at radius 1 is 1.26 bits per heavy atom. The van der Waals surface area contributed by atoms with Gasteiger partial charge in [-0.1, -0.05) is 41.5 Å². The van der Waals surface area contributed by atoms with Gasteiger partial charge in [0, 0.05) is 11.3 Å². The number of hydrogen-bond donors (Lipinski definition) is 2. The van der Waals surface area contributed by atoms with Crippen LogP contribution in [0.2, 0.25) is 10.0 Å². The summed E-state index contributed by atoms with van der Waals surface area (Å²) in [4.78, 5) is 4.67. The van der Waals surface area contributed by atoms with E-state index in [1.807, 2.05) is 13.0 Å².